The van der Waals surface area contributed by atoms with E-state index in [1.54, 1.807) is 0 Å². The monoisotopic (exact) mass is 381 g/mol. The Bertz CT molecular complexity index is 526. The van der Waals surface area contributed by atoms with Gasteiger partial charge in [-0.25, -0.2) is 4.98 Å². The first-order valence-electron chi connectivity index (χ1n) is 8.45. The Morgan fingerprint density at radius 1 is 1.30 bits per heavy atom. The van der Waals surface area contributed by atoms with Crippen LogP contribution in [0.25, 0.3) is 0 Å². The van der Waals surface area contributed by atoms with E-state index in [0.29, 0.717) is 18.4 Å². The van der Waals surface area contributed by atoms with Crippen LogP contribution in [0.1, 0.15) is 32.1 Å². The summed E-state index contributed by atoms with van der Waals surface area (Å²) in [4.78, 5) is 19.0. The highest BCUT2D eigenvalue weighted by Crippen LogP contribution is 2.28. The zero-order valence-corrected chi connectivity index (χ0v) is 14.9. The Balaban J connectivity index is 1.44. The summed E-state index contributed by atoms with van der Waals surface area (Å²) < 4.78 is 6.37. The van der Waals surface area contributed by atoms with Crippen LogP contribution < -0.4 is 10.2 Å². The zero-order chi connectivity index (χ0) is 16.1. The topological polar surface area (TPSA) is 54.5 Å². The van der Waals surface area contributed by atoms with Crippen molar-refractivity contribution in [1.29, 1.82) is 0 Å². The SMILES string of the molecule is O=C(CC1CCN(c2ncccc2Br)CC1)NC1CCOCC1. The fraction of sp³-hybridized carbons (Fsp3) is 0.647. The molecule has 0 radical (unpaired) electrons. The first kappa shape index (κ1) is 16.7. The van der Waals surface area contributed by atoms with E-state index in [2.05, 4.69) is 31.1 Å². The molecule has 23 heavy (non-hydrogen) atoms. The average molecular weight is 382 g/mol. The number of pyridine rings is 1. The lowest BCUT2D eigenvalue weighted by Crippen LogP contribution is -2.41. The predicted octanol–water partition coefficient (Wildman–Crippen LogP) is 2.75. The molecule has 2 aliphatic rings. The number of halogens is 1. The van der Waals surface area contributed by atoms with Crippen LogP contribution in [-0.4, -0.2) is 43.2 Å². The van der Waals surface area contributed by atoms with Crippen molar-refractivity contribution < 1.29 is 9.53 Å². The fourth-order valence-electron chi connectivity index (χ4n) is 3.35. The summed E-state index contributed by atoms with van der Waals surface area (Å²) in [6, 6.07) is 4.26. The van der Waals surface area contributed by atoms with E-state index in [9.17, 15) is 4.79 Å². The number of ether oxygens (including phenoxy) is 1. The lowest BCUT2D eigenvalue weighted by atomic mass is 9.93. The van der Waals surface area contributed by atoms with E-state index in [0.717, 1.165) is 62.3 Å². The van der Waals surface area contributed by atoms with Crippen molar-refractivity contribution in [3.05, 3.63) is 22.8 Å². The van der Waals surface area contributed by atoms with Gasteiger partial charge in [0.15, 0.2) is 0 Å². The summed E-state index contributed by atoms with van der Waals surface area (Å²) in [5.41, 5.74) is 0. The molecule has 2 aliphatic heterocycles. The molecule has 0 atom stereocenters. The molecule has 5 nitrogen and oxygen atoms in total. The molecule has 1 aromatic heterocycles. The van der Waals surface area contributed by atoms with Crippen LogP contribution in [0.3, 0.4) is 0 Å². The molecule has 126 valence electrons. The second-order valence-corrected chi connectivity index (χ2v) is 7.25. The van der Waals surface area contributed by atoms with Crippen LogP contribution in [0.5, 0.6) is 0 Å². The first-order chi connectivity index (χ1) is 11.2. The number of piperidine rings is 1. The van der Waals surface area contributed by atoms with Gasteiger partial charge >= 0.3 is 0 Å². The molecule has 6 heteroatoms. The summed E-state index contributed by atoms with van der Waals surface area (Å²) in [5, 5.41) is 3.17. The van der Waals surface area contributed by atoms with Crippen LogP contribution in [0, 0.1) is 5.92 Å². The summed E-state index contributed by atoms with van der Waals surface area (Å²) in [5.74, 6) is 1.69. The van der Waals surface area contributed by atoms with Gasteiger partial charge in [0.05, 0.1) is 4.47 Å². The molecule has 2 saturated heterocycles. The summed E-state index contributed by atoms with van der Waals surface area (Å²) >= 11 is 3.56. The van der Waals surface area contributed by atoms with Crippen molar-refractivity contribution in [2.45, 2.75) is 38.1 Å². The number of nitrogens with one attached hydrogen (secondary N) is 1. The van der Waals surface area contributed by atoms with Gasteiger partial charge in [-0.2, -0.15) is 0 Å². The summed E-state index contributed by atoms with van der Waals surface area (Å²) in [7, 11) is 0. The molecule has 3 heterocycles. The number of hydrogen-bond donors (Lipinski definition) is 1. The second kappa shape index (κ2) is 8.11. The van der Waals surface area contributed by atoms with Crippen LogP contribution in [0.4, 0.5) is 5.82 Å². The average Bonchev–Trinajstić information content (AvgIpc) is 2.57. The van der Waals surface area contributed by atoms with E-state index in [-0.39, 0.29) is 5.91 Å². The van der Waals surface area contributed by atoms with Crippen LogP contribution in [0.2, 0.25) is 0 Å². The van der Waals surface area contributed by atoms with Gasteiger partial charge in [-0.1, -0.05) is 0 Å². The van der Waals surface area contributed by atoms with Gasteiger partial charge in [0.2, 0.25) is 5.91 Å². The number of hydrogen-bond acceptors (Lipinski definition) is 4. The van der Waals surface area contributed by atoms with E-state index in [1.807, 2.05) is 18.3 Å². The van der Waals surface area contributed by atoms with Gasteiger partial charge in [0, 0.05) is 45.0 Å². The third kappa shape index (κ3) is 4.67. The number of rotatable bonds is 4. The number of aromatic nitrogens is 1. The van der Waals surface area contributed by atoms with Gasteiger partial charge in [-0.15, -0.1) is 0 Å². The fourth-order valence-corrected chi connectivity index (χ4v) is 3.86. The smallest absolute Gasteiger partial charge is 0.220 e. The number of anilines is 1. The number of carbonyl (C=O) groups is 1. The number of amides is 1. The molecule has 0 aromatic carbocycles. The molecule has 1 aromatic rings. The van der Waals surface area contributed by atoms with Crippen molar-refractivity contribution in [3.63, 3.8) is 0 Å². The van der Waals surface area contributed by atoms with Crippen molar-refractivity contribution in [3.8, 4) is 0 Å². The maximum atomic E-state index is 12.2. The Morgan fingerprint density at radius 3 is 2.74 bits per heavy atom. The predicted molar refractivity (Wildman–Crippen MR) is 93.5 cm³/mol. The molecular weight excluding hydrogens is 358 g/mol. The second-order valence-electron chi connectivity index (χ2n) is 6.40. The van der Waals surface area contributed by atoms with Crippen molar-refractivity contribution in [1.82, 2.24) is 10.3 Å². The highest BCUT2D eigenvalue weighted by Gasteiger charge is 2.24. The highest BCUT2D eigenvalue weighted by molar-refractivity contribution is 9.10. The molecule has 0 aliphatic carbocycles. The molecule has 1 N–H and O–H groups in total. The molecule has 3 rings (SSSR count). The lowest BCUT2D eigenvalue weighted by Gasteiger charge is -2.33. The Labute approximate surface area is 145 Å². The van der Waals surface area contributed by atoms with Crippen LogP contribution in [0.15, 0.2) is 22.8 Å². The maximum absolute atomic E-state index is 12.2. The molecule has 1 amide bonds. The molecule has 2 fully saturated rings. The van der Waals surface area contributed by atoms with Gasteiger partial charge in [0.1, 0.15) is 5.82 Å². The highest BCUT2D eigenvalue weighted by atomic mass is 79.9. The quantitative estimate of drug-likeness (QED) is 0.870. The number of carbonyl (C=O) groups excluding carboxylic acids is 1. The molecule has 0 unspecified atom stereocenters. The van der Waals surface area contributed by atoms with E-state index >= 15 is 0 Å². The van der Waals surface area contributed by atoms with Crippen molar-refractivity contribution in [2.75, 3.05) is 31.2 Å². The lowest BCUT2D eigenvalue weighted by molar-refractivity contribution is -0.123. The van der Waals surface area contributed by atoms with Gasteiger partial charge in [-0.3, -0.25) is 4.79 Å². The third-order valence-corrected chi connectivity index (χ3v) is 5.33. The van der Waals surface area contributed by atoms with E-state index < -0.39 is 0 Å². The van der Waals surface area contributed by atoms with Crippen molar-refractivity contribution >= 4 is 27.7 Å². The Hall–Kier alpha value is -1.14. The third-order valence-electron chi connectivity index (χ3n) is 4.71. The zero-order valence-electron chi connectivity index (χ0n) is 13.3. The largest absolute Gasteiger partial charge is 0.381 e. The normalized spacial score (nSPS) is 20.5. The summed E-state index contributed by atoms with van der Waals surface area (Å²) in [6.07, 6.45) is 6.45. The van der Waals surface area contributed by atoms with Gasteiger partial charge < -0.3 is 15.0 Å². The Kier molecular flexibility index (Phi) is 5.89. The van der Waals surface area contributed by atoms with Gasteiger partial charge in [-0.05, 0) is 59.7 Å². The minimum atomic E-state index is 0.203. The van der Waals surface area contributed by atoms with E-state index in [4.69, 9.17) is 4.74 Å². The minimum absolute atomic E-state index is 0.203. The molecule has 0 spiro atoms. The Morgan fingerprint density at radius 2 is 2.04 bits per heavy atom. The van der Waals surface area contributed by atoms with E-state index in [1.165, 1.54) is 0 Å². The first-order valence-corrected chi connectivity index (χ1v) is 9.24. The van der Waals surface area contributed by atoms with Crippen LogP contribution >= 0.6 is 15.9 Å². The number of nitrogens with zero attached hydrogens (tertiary/aromatic N) is 2. The van der Waals surface area contributed by atoms with Crippen molar-refractivity contribution in [2.24, 2.45) is 5.92 Å². The minimum Gasteiger partial charge on any atom is -0.381 e. The summed E-state index contributed by atoms with van der Waals surface area (Å²) in [6.45, 7) is 3.46. The van der Waals surface area contributed by atoms with Crippen LogP contribution in [-0.2, 0) is 9.53 Å². The molecular formula is C17H24BrN3O2. The molecule has 0 saturated carbocycles. The standard InChI is InChI=1S/C17H24BrN3O2/c18-15-2-1-7-19-17(15)21-8-3-13(4-9-21)12-16(22)20-14-5-10-23-11-6-14/h1-2,7,13-14H,3-6,8-12H2,(H,20,22). The molecule has 0 bridgehead atoms. The maximum Gasteiger partial charge on any atom is 0.220 e. The van der Waals surface area contributed by atoms with Gasteiger partial charge in [0.25, 0.3) is 0 Å².